The fraction of sp³-hybridized carbons (Fsp3) is 0.0714. The second-order valence-corrected chi connectivity index (χ2v) is 4.86. The van der Waals surface area contributed by atoms with Gasteiger partial charge in [-0.3, -0.25) is 4.79 Å². The van der Waals surface area contributed by atoms with Gasteiger partial charge in [0, 0.05) is 10.2 Å². The summed E-state index contributed by atoms with van der Waals surface area (Å²) in [4.78, 5) is 12.1. The molecule has 0 heterocycles. The van der Waals surface area contributed by atoms with Crippen molar-refractivity contribution in [2.75, 3.05) is 18.2 Å². The standard InChI is InChI=1S/C14H12BrFN2O2/c1-20-12-6-5-8(7-11(12)17)18-14(19)13-9(15)3-2-4-10(13)16/h2-7H,17H2,1H3,(H,18,19). The van der Waals surface area contributed by atoms with E-state index in [1.54, 1.807) is 24.3 Å². The van der Waals surface area contributed by atoms with Crippen LogP contribution in [0.15, 0.2) is 40.9 Å². The van der Waals surface area contributed by atoms with Gasteiger partial charge in [0.05, 0.1) is 18.4 Å². The van der Waals surface area contributed by atoms with E-state index in [-0.39, 0.29) is 5.56 Å². The summed E-state index contributed by atoms with van der Waals surface area (Å²) in [5, 5.41) is 2.59. The van der Waals surface area contributed by atoms with Crippen molar-refractivity contribution in [3.63, 3.8) is 0 Å². The van der Waals surface area contributed by atoms with Gasteiger partial charge < -0.3 is 15.8 Å². The maximum atomic E-state index is 13.7. The normalized spacial score (nSPS) is 10.2. The Balaban J connectivity index is 2.26. The van der Waals surface area contributed by atoms with Gasteiger partial charge in [0.15, 0.2) is 0 Å². The smallest absolute Gasteiger partial charge is 0.259 e. The molecule has 0 unspecified atom stereocenters. The molecule has 0 bridgehead atoms. The lowest BCUT2D eigenvalue weighted by Gasteiger charge is -2.10. The minimum atomic E-state index is -0.599. The number of benzene rings is 2. The van der Waals surface area contributed by atoms with E-state index >= 15 is 0 Å². The minimum Gasteiger partial charge on any atom is -0.495 e. The molecule has 1 amide bonds. The summed E-state index contributed by atoms with van der Waals surface area (Å²) in [6.07, 6.45) is 0. The molecule has 0 aliphatic rings. The monoisotopic (exact) mass is 338 g/mol. The Hall–Kier alpha value is -2.08. The van der Waals surface area contributed by atoms with Crippen molar-refractivity contribution in [1.29, 1.82) is 0 Å². The highest BCUT2D eigenvalue weighted by Crippen LogP contribution is 2.26. The summed E-state index contributed by atoms with van der Waals surface area (Å²) in [6, 6.07) is 9.14. The largest absolute Gasteiger partial charge is 0.495 e. The number of hydrogen-bond donors (Lipinski definition) is 2. The Labute approximate surface area is 123 Å². The summed E-state index contributed by atoms with van der Waals surface area (Å²) in [6.45, 7) is 0. The van der Waals surface area contributed by atoms with Gasteiger partial charge in [0.2, 0.25) is 0 Å². The number of nitrogens with two attached hydrogens (primary N) is 1. The molecule has 0 saturated heterocycles. The zero-order valence-corrected chi connectivity index (χ0v) is 12.2. The third-order valence-corrected chi connectivity index (χ3v) is 3.34. The van der Waals surface area contributed by atoms with Crippen molar-refractivity contribution in [1.82, 2.24) is 0 Å². The second-order valence-electron chi connectivity index (χ2n) is 4.01. The highest BCUT2D eigenvalue weighted by Gasteiger charge is 2.15. The van der Waals surface area contributed by atoms with Crippen molar-refractivity contribution in [3.8, 4) is 5.75 Å². The molecular weight excluding hydrogens is 327 g/mol. The van der Waals surface area contributed by atoms with Crippen molar-refractivity contribution < 1.29 is 13.9 Å². The van der Waals surface area contributed by atoms with Gasteiger partial charge in [0.1, 0.15) is 11.6 Å². The van der Waals surface area contributed by atoms with E-state index in [0.29, 0.717) is 21.6 Å². The predicted octanol–water partition coefficient (Wildman–Crippen LogP) is 3.43. The molecule has 0 saturated carbocycles. The van der Waals surface area contributed by atoms with Crippen LogP contribution in [0, 0.1) is 5.82 Å². The Bertz CT molecular complexity index is 641. The number of carbonyl (C=O) groups excluding carboxylic acids is 1. The molecule has 2 aromatic carbocycles. The molecule has 104 valence electrons. The zero-order chi connectivity index (χ0) is 14.7. The summed E-state index contributed by atoms with van der Waals surface area (Å²) in [5.41, 5.74) is 6.54. The van der Waals surface area contributed by atoms with E-state index in [4.69, 9.17) is 10.5 Å². The quantitative estimate of drug-likeness (QED) is 0.842. The van der Waals surface area contributed by atoms with E-state index in [9.17, 15) is 9.18 Å². The van der Waals surface area contributed by atoms with Gasteiger partial charge >= 0.3 is 0 Å². The van der Waals surface area contributed by atoms with Crippen molar-refractivity contribution >= 4 is 33.2 Å². The number of methoxy groups -OCH3 is 1. The fourth-order valence-electron chi connectivity index (χ4n) is 1.72. The van der Waals surface area contributed by atoms with Crippen LogP contribution in [-0.4, -0.2) is 13.0 Å². The molecule has 0 aliphatic heterocycles. The lowest BCUT2D eigenvalue weighted by molar-refractivity contribution is 0.102. The molecule has 2 rings (SSSR count). The Morgan fingerprint density at radius 2 is 2.10 bits per heavy atom. The third-order valence-electron chi connectivity index (χ3n) is 2.68. The third kappa shape index (κ3) is 2.91. The number of anilines is 2. The van der Waals surface area contributed by atoms with Crippen molar-refractivity contribution in [2.45, 2.75) is 0 Å². The van der Waals surface area contributed by atoms with Crippen molar-refractivity contribution in [3.05, 3.63) is 52.3 Å². The lowest BCUT2D eigenvalue weighted by atomic mass is 10.2. The number of amides is 1. The van der Waals surface area contributed by atoms with Crippen LogP contribution >= 0.6 is 15.9 Å². The molecule has 2 aromatic rings. The van der Waals surface area contributed by atoms with Gasteiger partial charge in [-0.05, 0) is 46.3 Å². The van der Waals surface area contributed by atoms with Crippen molar-refractivity contribution in [2.24, 2.45) is 0 Å². The summed E-state index contributed by atoms with van der Waals surface area (Å²) in [7, 11) is 1.50. The topological polar surface area (TPSA) is 64.3 Å². The SMILES string of the molecule is COc1ccc(NC(=O)c2c(F)cccc2Br)cc1N. The average Bonchev–Trinajstić information content (AvgIpc) is 2.38. The fourth-order valence-corrected chi connectivity index (χ4v) is 2.24. The van der Waals surface area contributed by atoms with Crippen LogP contribution in [0.5, 0.6) is 5.75 Å². The van der Waals surface area contributed by atoms with Crippen LogP contribution < -0.4 is 15.8 Å². The summed E-state index contributed by atoms with van der Waals surface area (Å²) in [5.74, 6) is -0.645. The first-order chi connectivity index (χ1) is 9.52. The van der Waals surface area contributed by atoms with Crippen LogP contribution in [0.1, 0.15) is 10.4 Å². The van der Waals surface area contributed by atoms with E-state index in [2.05, 4.69) is 21.2 Å². The lowest BCUT2D eigenvalue weighted by Crippen LogP contribution is -2.14. The zero-order valence-electron chi connectivity index (χ0n) is 10.6. The maximum Gasteiger partial charge on any atom is 0.259 e. The van der Waals surface area contributed by atoms with Crippen LogP contribution in [0.4, 0.5) is 15.8 Å². The summed E-state index contributed by atoms with van der Waals surface area (Å²) >= 11 is 3.15. The maximum absolute atomic E-state index is 13.7. The van der Waals surface area contributed by atoms with Crippen LogP contribution in [0.3, 0.4) is 0 Å². The molecule has 0 aromatic heterocycles. The Morgan fingerprint density at radius 1 is 1.35 bits per heavy atom. The predicted molar refractivity (Wildman–Crippen MR) is 79.5 cm³/mol. The Kier molecular flexibility index (Phi) is 4.24. The molecule has 3 N–H and O–H groups in total. The molecule has 0 atom stereocenters. The molecule has 0 spiro atoms. The van der Waals surface area contributed by atoms with E-state index in [0.717, 1.165) is 0 Å². The van der Waals surface area contributed by atoms with E-state index in [1.807, 2.05) is 0 Å². The molecule has 20 heavy (non-hydrogen) atoms. The number of carbonyl (C=O) groups is 1. The minimum absolute atomic E-state index is 0.0538. The van der Waals surface area contributed by atoms with E-state index < -0.39 is 11.7 Å². The number of halogens is 2. The number of rotatable bonds is 3. The number of ether oxygens (including phenoxy) is 1. The van der Waals surface area contributed by atoms with Gasteiger partial charge in [-0.15, -0.1) is 0 Å². The Morgan fingerprint density at radius 3 is 2.70 bits per heavy atom. The first kappa shape index (κ1) is 14.3. The van der Waals surface area contributed by atoms with Gasteiger partial charge in [-0.1, -0.05) is 6.07 Å². The van der Waals surface area contributed by atoms with Crippen LogP contribution in [0.2, 0.25) is 0 Å². The molecule has 0 aliphatic carbocycles. The van der Waals surface area contributed by atoms with Gasteiger partial charge in [-0.2, -0.15) is 0 Å². The molecule has 0 fully saturated rings. The van der Waals surface area contributed by atoms with Gasteiger partial charge in [-0.25, -0.2) is 4.39 Å². The number of hydrogen-bond acceptors (Lipinski definition) is 3. The van der Waals surface area contributed by atoms with Crippen LogP contribution in [-0.2, 0) is 0 Å². The average molecular weight is 339 g/mol. The highest BCUT2D eigenvalue weighted by molar-refractivity contribution is 9.10. The van der Waals surface area contributed by atoms with Gasteiger partial charge in [0.25, 0.3) is 5.91 Å². The summed E-state index contributed by atoms with van der Waals surface area (Å²) < 4.78 is 19.1. The molecule has 4 nitrogen and oxygen atoms in total. The molecule has 6 heteroatoms. The molecular formula is C14H12BrFN2O2. The highest BCUT2D eigenvalue weighted by atomic mass is 79.9. The first-order valence-corrected chi connectivity index (χ1v) is 6.51. The van der Waals surface area contributed by atoms with E-state index in [1.165, 1.54) is 19.2 Å². The second kappa shape index (κ2) is 5.92. The van der Waals surface area contributed by atoms with Crippen LogP contribution in [0.25, 0.3) is 0 Å². The molecule has 0 radical (unpaired) electrons. The number of nitrogen functional groups attached to an aromatic ring is 1. The number of nitrogens with one attached hydrogen (secondary N) is 1. The first-order valence-electron chi connectivity index (χ1n) is 5.72.